The summed E-state index contributed by atoms with van der Waals surface area (Å²) in [5, 5.41) is 30.8. The highest BCUT2D eigenvalue weighted by atomic mass is 16.7. The van der Waals surface area contributed by atoms with Crippen LogP contribution in [0.2, 0.25) is 0 Å². The average Bonchev–Trinajstić information content (AvgIpc) is 3.36. The molecule has 14 atom stereocenters. The van der Waals surface area contributed by atoms with Gasteiger partial charge in [-0.1, -0.05) is 46.8 Å². The second-order valence-corrected chi connectivity index (χ2v) is 17.1. The first-order chi connectivity index (χ1) is 20.1. The van der Waals surface area contributed by atoms with Gasteiger partial charge in [0, 0.05) is 0 Å². The molecule has 0 aromatic heterocycles. The summed E-state index contributed by atoms with van der Waals surface area (Å²) in [5.41, 5.74) is 1.22. The van der Waals surface area contributed by atoms with E-state index >= 15 is 0 Å². The lowest BCUT2D eigenvalue weighted by molar-refractivity contribution is -0.311. The SMILES string of the molecule is C=C(C)[C@@H]1CCC2(C(=O)OC)CC[C@]3(C)C(CCC4[C@@]5(C)CC[C@H](O[C@H]6OC[C@@H](O)[C@@H](O)[C@@H]6O)C(C)(C)C5CC[C@]43C)C12. The molecule has 7 heteroatoms. The van der Waals surface area contributed by atoms with E-state index in [0.29, 0.717) is 29.6 Å². The van der Waals surface area contributed by atoms with E-state index in [1.54, 1.807) is 7.11 Å². The minimum absolute atomic E-state index is 0.0143. The van der Waals surface area contributed by atoms with E-state index in [0.717, 1.165) is 51.4 Å². The van der Waals surface area contributed by atoms with E-state index in [1.807, 2.05) is 0 Å². The topological polar surface area (TPSA) is 105 Å². The van der Waals surface area contributed by atoms with Gasteiger partial charge in [0.2, 0.25) is 0 Å². The Hall–Kier alpha value is -0.990. The molecule has 5 saturated carbocycles. The van der Waals surface area contributed by atoms with E-state index < -0.39 is 24.6 Å². The van der Waals surface area contributed by atoms with Crippen LogP contribution < -0.4 is 0 Å². The van der Waals surface area contributed by atoms with Crippen molar-refractivity contribution >= 4 is 5.97 Å². The first-order valence-electron chi connectivity index (χ1n) is 17.1. The number of aliphatic hydroxyl groups excluding tert-OH is 3. The smallest absolute Gasteiger partial charge is 0.312 e. The van der Waals surface area contributed by atoms with Gasteiger partial charge >= 0.3 is 5.97 Å². The molecule has 5 aliphatic carbocycles. The lowest BCUT2D eigenvalue weighted by atomic mass is 9.32. The number of allylic oxidation sites excluding steroid dienone is 1. The maximum atomic E-state index is 13.5. The van der Waals surface area contributed by atoms with Gasteiger partial charge in [0.15, 0.2) is 6.29 Å². The number of hydrogen-bond donors (Lipinski definition) is 3. The number of fused-ring (bicyclic) bond motifs is 7. The second kappa shape index (κ2) is 10.5. The second-order valence-electron chi connectivity index (χ2n) is 17.1. The lowest BCUT2D eigenvalue weighted by Crippen LogP contribution is -2.67. The van der Waals surface area contributed by atoms with E-state index in [9.17, 15) is 20.1 Å². The number of carbonyl (C=O) groups excluding carboxylic acids is 1. The van der Waals surface area contributed by atoms with E-state index in [2.05, 4.69) is 48.1 Å². The van der Waals surface area contributed by atoms with Gasteiger partial charge in [-0.05, 0) is 122 Å². The van der Waals surface area contributed by atoms with Gasteiger partial charge in [-0.25, -0.2) is 0 Å². The molecule has 6 aliphatic rings. The summed E-state index contributed by atoms with van der Waals surface area (Å²) in [5.74, 6) is 2.26. The third-order valence-corrected chi connectivity index (χ3v) is 15.4. The predicted octanol–water partition coefficient (Wildman–Crippen LogP) is 5.64. The summed E-state index contributed by atoms with van der Waals surface area (Å²) < 4.78 is 17.7. The molecule has 1 heterocycles. The molecule has 1 saturated heterocycles. The molecule has 0 aromatic rings. The summed E-state index contributed by atoms with van der Waals surface area (Å²) in [4.78, 5) is 13.5. The molecule has 7 nitrogen and oxygen atoms in total. The molecule has 5 unspecified atom stereocenters. The first-order valence-corrected chi connectivity index (χ1v) is 17.1. The summed E-state index contributed by atoms with van der Waals surface area (Å²) in [6, 6.07) is 0. The molecular formula is C36H58O7. The van der Waals surface area contributed by atoms with Gasteiger partial charge in [-0.3, -0.25) is 4.79 Å². The van der Waals surface area contributed by atoms with Crippen LogP contribution >= 0.6 is 0 Å². The normalized spacial score (nSPS) is 54.0. The molecule has 3 N–H and O–H groups in total. The Morgan fingerprint density at radius 3 is 2.23 bits per heavy atom. The fourth-order valence-electron chi connectivity index (χ4n) is 13.0. The number of carbonyl (C=O) groups is 1. The Balaban J connectivity index is 1.28. The van der Waals surface area contributed by atoms with Crippen LogP contribution in [0.25, 0.3) is 0 Å². The number of esters is 1. The Morgan fingerprint density at radius 1 is 0.837 bits per heavy atom. The average molecular weight is 603 g/mol. The van der Waals surface area contributed by atoms with Gasteiger partial charge in [0.25, 0.3) is 0 Å². The van der Waals surface area contributed by atoms with Crippen LogP contribution in [0.5, 0.6) is 0 Å². The molecule has 0 spiro atoms. The number of hydrogen-bond acceptors (Lipinski definition) is 7. The van der Waals surface area contributed by atoms with Crippen LogP contribution in [0.1, 0.15) is 106 Å². The van der Waals surface area contributed by atoms with Crippen LogP contribution in [0, 0.1) is 56.7 Å². The van der Waals surface area contributed by atoms with Crippen molar-refractivity contribution in [1.29, 1.82) is 0 Å². The standard InChI is InChI=1S/C36H58O7/c1-20(2)21-11-16-36(31(40)41-8)18-17-34(6)22(27(21)36)9-10-25-33(5)14-13-26(32(3,4)24(33)12-15-35(25,34)7)43-30-29(39)28(38)23(37)19-42-30/h21-30,37-39H,1,9-19H2,2-8H3/t21-,22?,23+,24?,25?,26-,27?,28+,29-,30+,33-,34+,35+,36?/m0/s1. The van der Waals surface area contributed by atoms with Gasteiger partial charge in [0.1, 0.15) is 18.3 Å². The third kappa shape index (κ3) is 4.26. The molecule has 0 radical (unpaired) electrons. The van der Waals surface area contributed by atoms with Crippen molar-refractivity contribution in [3.05, 3.63) is 12.2 Å². The number of rotatable bonds is 4. The van der Waals surface area contributed by atoms with E-state index in [4.69, 9.17) is 14.2 Å². The minimum Gasteiger partial charge on any atom is -0.469 e. The monoisotopic (exact) mass is 602 g/mol. The zero-order chi connectivity index (χ0) is 31.3. The maximum Gasteiger partial charge on any atom is 0.312 e. The number of aliphatic hydroxyl groups is 3. The molecule has 244 valence electrons. The van der Waals surface area contributed by atoms with Gasteiger partial charge in [0.05, 0.1) is 25.2 Å². The third-order valence-electron chi connectivity index (χ3n) is 15.4. The van der Waals surface area contributed by atoms with Crippen LogP contribution in [0.3, 0.4) is 0 Å². The van der Waals surface area contributed by atoms with Crippen molar-refractivity contribution in [3.63, 3.8) is 0 Å². The van der Waals surface area contributed by atoms with Crippen molar-refractivity contribution < 1.29 is 34.3 Å². The summed E-state index contributed by atoms with van der Waals surface area (Å²) >= 11 is 0. The zero-order valence-electron chi connectivity index (χ0n) is 27.7. The van der Waals surface area contributed by atoms with Crippen LogP contribution in [0.15, 0.2) is 12.2 Å². The summed E-state index contributed by atoms with van der Waals surface area (Å²) in [6.07, 6.45) is 5.92. The summed E-state index contributed by atoms with van der Waals surface area (Å²) in [7, 11) is 1.57. The van der Waals surface area contributed by atoms with Gasteiger partial charge in [-0.15, -0.1) is 0 Å². The van der Waals surface area contributed by atoms with Gasteiger partial charge in [-0.2, -0.15) is 0 Å². The Labute approximate surface area is 259 Å². The highest BCUT2D eigenvalue weighted by Gasteiger charge is 2.72. The number of methoxy groups -OCH3 is 1. The molecule has 6 rings (SSSR count). The predicted molar refractivity (Wildman–Crippen MR) is 164 cm³/mol. The van der Waals surface area contributed by atoms with E-state index in [-0.39, 0.29) is 45.8 Å². The van der Waals surface area contributed by atoms with Crippen molar-refractivity contribution in [2.75, 3.05) is 13.7 Å². The lowest BCUT2D eigenvalue weighted by Gasteiger charge is -2.73. The Kier molecular flexibility index (Phi) is 7.82. The highest BCUT2D eigenvalue weighted by Crippen LogP contribution is 2.77. The molecule has 0 amide bonds. The fraction of sp³-hybridized carbons (Fsp3) is 0.917. The Bertz CT molecular complexity index is 1120. The highest BCUT2D eigenvalue weighted by molar-refractivity contribution is 5.78. The molecular weight excluding hydrogens is 544 g/mol. The van der Waals surface area contributed by atoms with Gasteiger partial charge < -0.3 is 29.5 Å². The van der Waals surface area contributed by atoms with Crippen molar-refractivity contribution in [2.45, 2.75) is 136 Å². The summed E-state index contributed by atoms with van der Waals surface area (Å²) in [6.45, 7) is 19.0. The molecule has 1 aliphatic heterocycles. The van der Waals surface area contributed by atoms with Crippen molar-refractivity contribution in [2.24, 2.45) is 56.7 Å². The largest absolute Gasteiger partial charge is 0.469 e. The fourth-order valence-corrected chi connectivity index (χ4v) is 13.0. The molecule has 0 bridgehead atoms. The first kappa shape index (κ1) is 32.0. The minimum atomic E-state index is -1.26. The maximum absolute atomic E-state index is 13.5. The van der Waals surface area contributed by atoms with Crippen LogP contribution in [0.4, 0.5) is 0 Å². The van der Waals surface area contributed by atoms with Crippen LogP contribution in [-0.2, 0) is 19.0 Å². The number of ether oxygens (including phenoxy) is 3. The molecule has 0 aromatic carbocycles. The molecule has 6 fully saturated rings. The molecule has 43 heavy (non-hydrogen) atoms. The zero-order valence-corrected chi connectivity index (χ0v) is 27.7. The van der Waals surface area contributed by atoms with Crippen molar-refractivity contribution in [3.8, 4) is 0 Å². The Morgan fingerprint density at radius 2 is 1.56 bits per heavy atom. The van der Waals surface area contributed by atoms with Crippen molar-refractivity contribution in [1.82, 2.24) is 0 Å². The quantitative estimate of drug-likeness (QED) is 0.217. The van der Waals surface area contributed by atoms with E-state index in [1.165, 1.54) is 18.4 Å². The van der Waals surface area contributed by atoms with Crippen LogP contribution in [-0.4, -0.2) is 65.7 Å².